The smallest absolute Gasteiger partial charge is 0.268 e. The number of aromatic nitrogens is 2. The number of fused-ring (bicyclic) bond motifs is 1. The van der Waals surface area contributed by atoms with Crippen LogP contribution >= 0.6 is 0 Å². The maximum absolute atomic E-state index is 12.2. The van der Waals surface area contributed by atoms with Gasteiger partial charge in [0.1, 0.15) is 5.82 Å². The number of pyridine rings is 2. The van der Waals surface area contributed by atoms with Crippen LogP contribution in [-0.2, 0) is 6.54 Å². The van der Waals surface area contributed by atoms with Gasteiger partial charge in [0.15, 0.2) is 0 Å². The van der Waals surface area contributed by atoms with Gasteiger partial charge in [-0.2, -0.15) is 0 Å². The van der Waals surface area contributed by atoms with Gasteiger partial charge in [0.05, 0.1) is 11.1 Å². The molecule has 1 aliphatic rings. The zero-order valence-electron chi connectivity index (χ0n) is 9.91. The molecule has 0 saturated carbocycles. The van der Waals surface area contributed by atoms with Crippen LogP contribution in [0.1, 0.15) is 26.3 Å². The van der Waals surface area contributed by atoms with Crippen molar-refractivity contribution in [3.63, 3.8) is 0 Å². The number of rotatable bonds is 2. The zero-order valence-corrected chi connectivity index (χ0v) is 9.91. The van der Waals surface area contributed by atoms with Crippen molar-refractivity contribution in [3.05, 3.63) is 53.5 Å². The van der Waals surface area contributed by atoms with Gasteiger partial charge < -0.3 is 5.73 Å². The molecule has 0 aliphatic carbocycles. The lowest BCUT2D eigenvalue weighted by Crippen LogP contribution is -2.30. The van der Waals surface area contributed by atoms with Gasteiger partial charge in [-0.3, -0.25) is 14.6 Å². The monoisotopic (exact) mass is 254 g/mol. The molecule has 0 spiro atoms. The van der Waals surface area contributed by atoms with Gasteiger partial charge in [-0.25, -0.2) is 9.88 Å². The lowest BCUT2D eigenvalue weighted by atomic mass is 10.2. The average Bonchev–Trinajstić information content (AvgIpc) is 2.72. The average molecular weight is 254 g/mol. The molecule has 0 radical (unpaired) electrons. The van der Waals surface area contributed by atoms with E-state index in [1.807, 2.05) is 0 Å². The van der Waals surface area contributed by atoms with E-state index in [0.29, 0.717) is 23.5 Å². The third-order valence-electron chi connectivity index (χ3n) is 2.96. The molecule has 0 aromatic carbocycles. The molecule has 6 heteroatoms. The van der Waals surface area contributed by atoms with Crippen molar-refractivity contribution in [2.75, 3.05) is 4.90 Å². The molecule has 2 amide bonds. The SMILES string of the molecule is NCc1ccc(N2C(=O)c3ccncc3C2=O)nc1. The van der Waals surface area contributed by atoms with Crippen LogP contribution in [0, 0.1) is 0 Å². The summed E-state index contributed by atoms with van der Waals surface area (Å²) in [6, 6.07) is 4.88. The molecule has 6 nitrogen and oxygen atoms in total. The minimum atomic E-state index is -0.402. The molecule has 2 aromatic rings. The first-order valence-corrected chi connectivity index (χ1v) is 5.70. The van der Waals surface area contributed by atoms with Crippen molar-refractivity contribution in [2.45, 2.75) is 6.54 Å². The summed E-state index contributed by atoms with van der Waals surface area (Å²) in [5.41, 5.74) is 6.97. The number of anilines is 1. The van der Waals surface area contributed by atoms with Gasteiger partial charge in [-0.15, -0.1) is 0 Å². The van der Waals surface area contributed by atoms with Crippen LogP contribution in [0.2, 0.25) is 0 Å². The van der Waals surface area contributed by atoms with Gasteiger partial charge in [-0.05, 0) is 17.7 Å². The molecule has 0 bridgehead atoms. The number of hydrogen-bond donors (Lipinski definition) is 1. The van der Waals surface area contributed by atoms with Crippen LogP contribution in [0.4, 0.5) is 5.82 Å². The third kappa shape index (κ3) is 1.69. The fourth-order valence-corrected chi connectivity index (χ4v) is 1.96. The standard InChI is InChI=1S/C13H10N4O2/c14-5-8-1-2-11(16-6-8)17-12(18)9-3-4-15-7-10(9)13(17)19/h1-4,6-7H,5,14H2. The fraction of sp³-hybridized carbons (Fsp3) is 0.0769. The summed E-state index contributed by atoms with van der Waals surface area (Å²) in [6.07, 6.45) is 4.43. The van der Waals surface area contributed by atoms with E-state index in [-0.39, 0.29) is 5.91 Å². The van der Waals surface area contributed by atoms with Gasteiger partial charge in [0, 0.05) is 25.1 Å². The highest BCUT2D eigenvalue weighted by Crippen LogP contribution is 2.26. The van der Waals surface area contributed by atoms with E-state index in [2.05, 4.69) is 9.97 Å². The molecule has 94 valence electrons. The predicted molar refractivity (Wildman–Crippen MR) is 67.5 cm³/mol. The number of hydrogen-bond acceptors (Lipinski definition) is 5. The van der Waals surface area contributed by atoms with Gasteiger partial charge in [-0.1, -0.05) is 6.07 Å². The fourth-order valence-electron chi connectivity index (χ4n) is 1.96. The molecule has 3 rings (SSSR count). The Morgan fingerprint density at radius 2 is 1.84 bits per heavy atom. The second-order valence-electron chi connectivity index (χ2n) is 4.10. The van der Waals surface area contributed by atoms with E-state index in [1.54, 1.807) is 18.3 Å². The normalized spacial score (nSPS) is 13.8. The van der Waals surface area contributed by atoms with E-state index in [1.165, 1.54) is 18.5 Å². The zero-order chi connectivity index (χ0) is 13.4. The summed E-state index contributed by atoms with van der Waals surface area (Å²) in [7, 11) is 0. The summed E-state index contributed by atoms with van der Waals surface area (Å²) in [6.45, 7) is 0.360. The number of carbonyl (C=O) groups excluding carboxylic acids is 2. The van der Waals surface area contributed by atoms with Crippen molar-refractivity contribution in [1.29, 1.82) is 0 Å². The largest absolute Gasteiger partial charge is 0.326 e. The number of nitrogens with two attached hydrogens (primary N) is 1. The molecule has 2 N–H and O–H groups in total. The van der Waals surface area contributed by atoms with E-state index in [0.717, 1.165) is 10.5 Å². The first-order valence-electron chi connectivity index (χ1n) is 5.70. The molecule has 0 unspecified atom stereocenters. The summed E-state index contributed by atoms with van der Waals surface area (Å²) in [5, 5.41) is 0. The summed E-state index contributed by atoms with van der Waals surface area (Å²) in [5.74, 6) is -0.486. The first-order chi connectivity index (χ1) is 9.22. The van der Waals surface area contributed by atoms with Crippen LogP contribution in [0.15, 0.2) is 36.8 Å². The molecule has 19 heavy (non-hydrogen) atoms. The Bertz CT molecular complexity index is 632. The number of imide groups is 1. The lowest BCUT2D eigenvalue weighted by molar-refractivity contribution is 0.0925. The topological polar surface area (TPSA) is 89.2 Å². The van der Waals surface area contributed by atoms with Crippen molar-refractivity contribution < 1.29 is 9.59 Å². The maximum atomic E-state index is 12.2. The quantitative estimate of drug-likeness (QED) is 0.798. The Hall–Kier alpha value is -2.60. The van der Waals surface area contributed by atoms with Crippen LogP contribution in [0.3, 0.4) is 0 Å². The molecule has 2 aromatic heterocycles. The highest BCUT2D eigenvalue weighted by molar-refractivity contribution is 6.34. The Morgan fingerprint density at radius 1 is 1.05 bits per heavy atom. The summed E-state index contributed by atoms with van der Waals surface area (Å²) < 4.78 is 0. The lowest BCUT2D eigenvalue weighted by Gasteiger charge is -2.12. The van der Waals surface area contributed by atoms with Crippen molar-refractivity contribution in [1.82, 2.24) is 9.97 Å². The van der Waals surface area contributed by atoms with Crippen LogP contribution in [0.5, 0.6) is 0 Å². The minimum absolute atomic E-state index is 0.295. The maximum Gasteiger partial charge on any atom is 0.268 e. The van der Waals surface area contributed by atoms with Crippen LogP contribution in [-0.4, -0.2) is 21.8 Å². The highest BCUT2D eigenvalue weighted by Gasteiger charge is 2.37. The molecule has 0 atom stereocenters. The Kier molecular flexibility index (Phi) is 2.57. The van der Waals surface area contributed by atoms with Crippen molar-refractivity contribution in [3.8, 4) is 0 Å². The van der Waals surface area contributed by atoms with Gasteiger partial charge >= 0.3 is 0 Å². The van der Waals surface area contributed by atoms with Crippen molar-refractivity contribution >= 4 is 17.6 Å². The van der Waals surface area contributed by atoms with Gasteiger partial charge in [0.25, 0.3) is 11.8 Å². The van der Waals surface area contributed by atoms with E-state index in [4.69, 9.17) is 5.73 Å². The predicted octanol–water partition coefficient (Wildman–Crippen LogP) is 0.736. The number of carbonyl (C=O) groups is 2. The van der Waals surface area contributed by atoms with Gasteiger partial charge in [0.2, 0.25) is 0 Å². The summed E-state index contributed by atoms with van der Waals surface area (Å²) in [4.78, 5) is 33.3. The summed E-state index contributed by atoms with van der Waals surface area (Å²) >= 11 is 0. The molecular weight excluding hydrogens is 244 g/mol. The second kappa shape index (κ2) is 4.25. The molecular formula is C13H10N4O2. The Balaban J connectivity index is 2.03. The number of nitrogens with zero attached hydrogens (tertiary/aromatic N) is 3. The van der Waals surface area contributed by atoms with Crippen LogP contribution in [0.25, 0.3) is 0 Å². The first kappa shape index (κ1) is 11.5. The molecule has 3 heterocycles. The van der Waals surface area contributed by atoms with E-state index in [9.17, 15) is 9.59 Å². The number of amides is 2. The molecule has 0 saturated heterocycles. The van der Waals surface area contributed by atoms with E-state index < -0.39 is 5.91 Å². The third-order valence-corrected chi connectivity index (χ3v) is 2.96. The highest BCUT2D eigenvalue weighted by atomic mass is 16.2. The Labute approximate surface area is 108 Å². The molecule has 1 aliphatic heterocycles. The van der Waals surface area contributed by atoms with E-state index >= 15 is 0 Å². The van der Waals surface area contributed by atoms with Crippen LogP contribution < -0.4 is 10.6 Å². The molecule has 0 fully saturated rings. The van der Waals surface area contributed by atoms with Crippen molar-refractivity contribution in [2.24, 2.45) is 5.73 Å². The Morgan fingerprint density at radius 3 is 2.47 bits per heavy atom. The minimum Gasteiger partial charge on any atom is -0.326 e. The second-order valence-corrected chi connectivity index (χ2v) is 4.10.